The van der Waals surface area contributed by atoms with E-state index in [4.69, 9.17) is 4.52 Å². The molecule has 0 radical (unpaired) electrons. The molecular formula is C23H29N5O3. The number of aromatic nitrogens is 3. The number of amides is 2. The molecule has 1 unspecified atom stereocenters. The first kappa shape index (κ1) is 21.1. The number of rotatable bonds is 6. The maximum absolute atomic E-state index is 13.1. The minimum Gasteiger partial charge on any atom is -0.361 e. The zero-order valence-corrected chi connectivity index (χ0v) is 18.3. The molecule has 164 valence electrons. The van der Waals surface area contributed by atoms with E-state index in [-0.39, 0.29) is 23.8 Å². The van der Waals surface area contributed by atoms with Crippen molar-refractivity contribution in [1.29, 1.82) is 0 Å². The van der Waals surface area contributed by atoms with E-state index >= 15 is 0 Å². The Bertz CT molecular complexity index is 1070. The molecule has 1 N–H and O–H groups in total. The molecule has 3 heterocycles. The zero-order chi connectivity index (χ0) is 22.0. The van der Waals surface area contributed by atoms with Crippen LogP contribution in [0.4, 0.5) is 0 Å². The summed E-state index contributed by atoms with van der Waals surface area (Å²) in [6, 6.07) is 7.69. The fraction of sp³-hybridized carbons (Fsp3) is 0.478. The number of likely N-dealkylation sites (tertiary alicyclic amines) is 1. The highest BCUT2D eigenvalue weighted by Crippen LogP contribution is 2.21. The van der Waals surface area contributed by atoms with E-state index in [2.05, 4.69) is 15.1 Å². The van der Waals surface area contributed by atoms with Crippen LogP contribution in [0.25, 0.3) is 10.9 Å². The number of nitrogens with one attached hydrogen (secondary N) is 1. The van der Waals surface area contributed by atoms with Crippen LogP contribution in [0.3, 0.4) is 0 Å². The van der Waals surface area contributed by atoms with Gasteiger partial charge in [-0.25, -0.2) is 0 Å². The van der Waals surface area contributed by atoms with Gasteiger partial charge in [0, 0.05) is 62.2 Å². The number of aromatic amines is 1. The average molecular weight is 424 g/mol. The summed E-state index contributed by atoms with van der Waals surface area (Å²) in [5.41, 5.74) is 1.61. The van der Waals surface area contributed by atoms with Gasteiger partial charge in [-0.1, -0.05) is 25.1 Å². The molecule has 1 atom stereocenters. The van der Waals surface area contributed by atoms with E-state index in [0.717, 1.165) is 23.7 Å². The Morgan fingerprint density at radius 1 is 1.32 bits per heavy atom. The molecule has 0 bridgehead atoms. The van der Waals surface area contributed by atoms with Crippen molar-refractivity contribution in [2.75, 3.05) is 19.6 Å². The average Bonchev–Trinajstić information content (AvgIpc) is 3.42. The first-order valence-corrected chi connectivity index (χ1v) is 10.9. The van der Waals surface area contributed by atoms with Crippen molar-refractivity contribution in [2.24, 2.45) is 0 Å². The molecule has 1 fully saturated rings. The zero-order valence-electron chi connectivity index (χ0n) is 18.3. The maximum atomic E-state index is 13.1. The van der Waals surface area contributed by atoms with Crippen LogP contribution < -0.4 is 0 Å². The number of piperidine rings is 1. The molecule has 8 heteroatoms. The Kier molecular flexibility index (Phi) is 6.06. The summed E-state index contributed by atoms with van der Waals surface area (Å²) in [6.45, 7) is 7.32. The molecule has 3 aromatic rings. The van der Waals surface area contributed by atoms with Gasteiger partial charge in [0.1, 0.15) is 0 Å². The lowest BCUT2D eigenvalue weighted by Crippen LogP contribution is -2.51. The highest BCUT2D eigenvalue weighted by Gasteiger charge is 2.30. The van der Waals surface area contributed by atoms with Crippen molar-refractivity contribution < 1.29 is 14.1 Å². The van der Waals surface area contributed by atoms with E-state index in [9.17, 15) is 9.59 Å². The Hall–Kier alpha value is -3.16. The van der Waals surface area contributed by atoms with E-state index in [1.54, 1.807) is 6.92 Å². The number of fused-ring (bicyclic) bond motifs is 1. The summed E-state index contributed by atoms with van der Waals surface area (Å²) in [5.74, 6) is 1.40. The normalized spacial score (nSPS) is 16.8. The summed E-state index contributed by atoms with van der Waals surface area (Å²) in [4.78, 5) is 36.8. The number of hydrogen-bond donors (Lipinski definition) is 1. The number of H-pyrrole nitrogens is 1. The highest BCUT2D eigenvalue weighted by molar-refractivity contribution is 5.98. The Morgan fingerprint density at radius 3 is 2.90 bits per heavy atom. The van der Waals surface area contributed by atoms with Gasteiger partial charge < -0.3 is 19.3 Å². The van der Waals surface area contributed by atoms with Gasteiger partial charge in [-0.2, -0.15) is 4.98 Å². The molecule has 0 spiro atoms. The molecule has 1 saturated heterocycles. The summed E-state index contributed by atoms with van der Waals surface area (Å²) in [7, 11) is 0. The molecule has 8 nitrogen and oxygen atoms in total. The van der Waals surface area contributed by atoms with Gasteiger partial charge in [0.05, 0.1) is 0 Å². The summed E-state index contributed by atoms with van der Waals surface area (Å²) < 4.78 is 5.27. The van der Waals surface area contributed by atoms with Crippen LogP contribution in [-0.4, -0.2) is 62.4 Å². The van der Waals surface area contributed by atoms with Gasteiger partial charge in [-0.3, -0.25) is 9.59 Å². The van der Waals surface area contributed by atoms with Crippen LogP contribution in [0.15, 0.2) is 35.0 Å². The number of nitrogens with zero attached hydrogens (tertiary/aromatic N) is 4. The molecule has 2 aromatic heterocycles. The standard InChI is InChI=1S/C23H29N5O3/c1-15(2)22-25-21(26-31-22)9-12-28(16(3)29)19-5-4-11-27(14-19)23(30)18-7-6-17-8-10-24-20(17)13-18/h6-8,10,13,15,19,24H,4-5,9,11-12,14H2,1-3H3. The molecule has 1 aliphatic rings. The monoisotopic (exact) mass is 423 g/mol. The van der Waals surface area contributed by atoms with E-state index in [0.29, 0.717) is 43.3 Å². The van der Waals surface area contributed by atoms with E-state index < -0.39 is 0 Å². The maximum Gasteiger partial charge on any atom is 0.254 e. The van der Waals surface area contributed by atoms with Crippen molar-refractivity contribution in [2.45, 2.75) is 52.0 Å². The minimum atomic E-state index is -0.0131. The highest BCUT2D eigenvalue weighted by atomic mass is 16.5. The number of benzene rings is 1. The molecular weight excluding hydrogens is 394 g/mol. The van der Waals surface area contributed by atoms with Gasteiger partial charge >= 0.3 is 0 Å². The predicted octanol–water partition coefficient (Wildman–Crippen LogP) is 3.37. The SMILES string of the molecule is CC(=O)N(CCc1noc(C(C)C)n1)C1CCCN(C(=O)c2ccc3cc[nH]c3c2)C1. The van der Waals surface area contributed by atoms with Crippen LogP contribution in [-0.2, 0) is 11.2 Å². The second-order valence-corrected chi connectivity index (χ2v) is 8.49. The second-order valence-electron chi connectivity index (χ2n) is 8.49. The van der Waals surface area contributed by atoms with Crippen LogP contribution >= 0.6 is 0 Å². The fourth-order valence-electron chi connectivity index (χ4n) is 4.18. The third-order valence-electron chi connectivity index (χ3n) is 5.88. The first-order chi connectivity index (χ1) is 14.9. The van der Waals surface area contributed by atoms with Crippen molar-refractivity contribution in [1.82, 2.24) is 24.9 Å². The summed E-state index contributed by atoms with van der Waals surface area (Å²) in [6.07, 6.45) is 4.14. The van der Waals surface area contributed by atoms with Gasteiger partial charge in [0.25, 0.3) is 5.91 Å². The molecule has 4 rings (SSSR count). The molecule has 1 aromatic carbocycles. The minimum absolute atomic E-state index is 0.000294. The van der Waals surface area contributed by atoms with Gasteiger partial charge in [-0.15, -0.1) is 0 Å². The van der Waals surface area contributed by atoms with Crippen molar-refractivity contribution in [3.05, 3.63) is 47.7 Å². The van der Waals surface area contributed by atoms with E-state index in [1.807, 2.05) is 54.1 Å². The van der Waals surface area contributed by atoms with Gasteiger partial charge in [-0.05, 0) is 36.4 Å². The van der Waals surface area contributed by atoms with Gasteiger partial charge in [0.2, 0.25) is 11.8 Å². The lowest BCUT2D eigenvalue weighted by molar-refractivity contribution is -0.132. The Morgan fingerprint density at radius 2 is 2.16 bits per heavy atom. The van der Waals surface area contributed by atoms with E-state index in [1.165, 1.54) is 0 Å². The largest absolute Gasteiger partial charge is 0.361 e. The van der Waals surface area contributed by atoms with Crippen LogP contribution in [0.1, 0.15) is 61.6 Å². The predicted molar refractivity (Wildman–Crippen MR) is 117 cm³/mol. The van der Waals surface area contributed by atoms with Gasteiger partial charge in [0.15, 0.2) is 5.82 Å². The second kappa shape index (κ2) is 8.91. The Labute approximate surface area is 181 Å². The van der Waals surface area contributed by atoms with Crippen LogP contribution in [0, 0.1) is 0 Å². The Balaban J connectivity index is 1.43. The van der Waals surface area contributed by atoms with Crippen molar-refractivity contribution >= 4 is 22.7 Å². The third kappa shape index (κ3) is 4.62. The fourth-order valence-corrected chi connectivity index (χ4v) is 4.18. The smallest absolute Gasteiger partial charge is 0.254 e. The molecule has 2 amide bonds. The topological polar surface area (TPSA) is 95.3 Å². The quantitative estimate of drug-likeness (QED) is 0.656. The molecule has 1 aliphatic heterocycles. The molecule has 0 aliphatic carbocycles. The summed E-state index contributed by atoms with van der Waals surface area (Å²) >= 11 is 0. The first-order valence-electron chi connectivity index (χ1n) is 10.9. The summed E-state index contributed by atoms with van der Waals surface area (Å²) in [5, 5.41) is 5.11. The lowest BCUT2D eigenvalue weighted by atomic mass is 10.0. The third-order valence-corrected chi connectivity index (χ3v) is 5.88. The van der Waals surface area contributed by atoms with Crippen molar-refractivity contribution in [3.63, 3.8) is 0 Å². The number of carbonyl (C=O) groups is 2. The van der Waals surface area contributed by atoms with Crippen molar-refractivity contribution in [3.8, 4) is 0 Å². The van der Waals surface area contributed by atoms with Crippen LogP contribution in [0.2, 0.25) is 0 Å². The number of carbonyl (C=O) groups excluding carboxylic acids is 2. The lowest BCUT2D eigenvalue weighted by Gasteiger charge is -2.39. The number of hydrogen-bond acceptors (Lipinski definition) is 5. The molecule has 0 saturated carbocycles. The molecule has 31 heavy (non-hydrogen) atoms. The van der Waals surface area contributed by atoms with Crippen LogP contribution in [0.5, 0.6) is 0 Å².